The molecule has 0 saturated heterocycles. The molecule has 0 bridgehead atoms. The fraction of sp³-hybridized carbons (Fsp3) is 0.188. The molecule has 0 spiro atoms. The largest absolute Gasteiger partial charge is 0.323 e. The number of rotatable bonds is 2. The first-order chi connectivity index (χ1) is 10.0. The number of hydrogen-bond acceptors (Lipinski definition) is 1. The molecule has 0 fully saturated rings. The van der Waals surface area contributed by atoms with Gasteiger partial charge < -0.3 is 5.32 Å². The highest BCUT2D eigenvalue weighted by Crippen LogP contribution is 2.35. The predicted octanol–water partition coefficient (Wildman–Crippen LogP) is 5.00. The lowest BCUT2D eigenvalue weighted by Crippen LogP contribution is -2.23. The van der Waals surface area contributed by atoms with E-state index in [4.69, 9.17) is 34.8 Å². The Balaban J connectivity index is 1.77. The van der Waals surface area contributed by atoms with Gasteiger partial charge in [-0.3, -0.25) is 4.79 Å². The topological polar surface area (TPSA) is 29.1 Å². The lowest BCUT2D eigenvalue weighted by Gasteiger charge is -2.13. The van der Waals surface area contributed by atoms with E-state index in [0.29, 0.717) is 20.8 Å². The molecule has 0 atom stereocenters. The molecule has 21 heavy (non-hydrogen) atoms. The maximum Gasteiger partial charge on any atom is 0.228 e. The van der Waals surface area contributed by atoms with Crippen LogP contribution in [-0.4, -0.2) is 5.91 Å². The van der Waals surface area contributed by atoms with E-state index < -0.39 is 0 Å². The molecule has 1 amide bonds. The molecule has 0 saturated carbocycles. The van der Waals surface area contributed by atoms with Crippen molar-refractivity contribution >= 4 is 46.4 Å². The normalized spacial score (nSPS) is 14.0. The Morgan fingerprint density at radius 2 is 1.52 bits per heavy atom. The summed E-state index contributed by atoms with van der Waals surface area (Å²) in [4.78, 5) is 12.4. The molecule has 1 N–H and O–H groups in total. The van der Waals surface area contributed by atoms with Gasteiger partial charge in [0.25, 0.3) is 0 Å². The van der Waals surface area contributed by atoms with Gasteiger partial charge in [-0.25, -0.2) is 0 Å². The first kappa shape index (κ1) is 14.7. The van der Waals surface area contributed by atoms with Crippen LogP contribution < -0.4 is 5.32 Å². The highest BCUT2D eigenvalue weighted by atomic mass is 35.5. The zero-order valence-electron chi connectivity index (χ0n) is 11.0. The van der Waals surface area contributed by atoms with Crippen LogP contribution in [0.25, 0.3) is 0 Å². The second kappa shape index (κ2) is 5.88. The third-order valence-corrected chi connectivity index (χ3v) is 4.49. The minimum absolute atomic E-state index is 0.0719. The summed E-state index contributed by atoms with van der Waals surface area (Å²) in [6.07, 6.45) is 1.48. The van der Waals surface area contributed by atoms with E-state index in [1.54, 1.807) is 12.1 Å². The summed E-state index contributed by atoms with van der Waals surface area (Å²) in [7, 11) is 0. The van der Waals surface area contributed by atoms with E-state index in [2.05, 4.69) is 17.4 Å². The lowest BCUT2D eigenvalue weighted by atomic mass is 10.1. The van der Waals surface area contributed by atoms with E-state index in [1.165, 1.54) is 11.1 Å². The number of carbonyl (C=O) groups is 1. The number of benzene rings is 2. The van der Waals surface area contributed by atoms with E-state index in [0.717, 1.165) is 12.8 Å². The van der Waals surface area contributed by atoms with Gasteiger partial charge in [0.05, 0.1) is 15.7 Å². The number of amides is 1. The van der Waals surface area contributed by atoms with Gasteiger partial charge in [-0.1, -0.05) is 59.1 Å². The highest BCUT2D eigenvalue weighted by Gasteiger charge is 2.27. The van der Waals surface area contributed by atoms with Crippen molar-refractivity contribution in [1.82, 2.24) is 0 Å². The summed E-state index contributed by atoms with van der Waals surface area (Å²) >= 11 is 18.0. The molecule has 2 nitrogen and oxygen atoms in total. The van der Waals surface area contributed by atoms with E-state index in [-0.39, 0.29) is 11.8 Å². The Kier molecular flexibility index (Phi) is 4.12. The summed E-state index contributed by atoms with van der Waals surface area (Å²) in [5, 5.41) is 3.95. The second-order valence-electron chi connectivity index (χ2n) is 5.11. The van der Waals surface area contributed by atoms with Crippen LogP contribution in [-0.2, 0) is 17.6 Å². The van der Waals surface area contributed by atoms with Crippen molar-refractivity contribution in [3.05, 3.63) is 62.6 Å². The average Bonchev–Trinajstić information content (AvgIpc) is 2.86. The van der Waals surface area contributed by atoms with Crippen LogP contribution in [0.2, 0.25) is 15.1 Å². The van der Waals surface area contributed by atoms with Crippen molar-refractivity contribution in [3.63, 3.8) is 0 Å². The van der Waals surface area contributed by atoms with Gasteiger partial charge in [-0.15, -0.1) is 0 Å². The molecule has 3 rings (SSSR count). The van der Waals surface area contributed by atoms with Gasteiger partial charge in [0.15, 0.2) is 0 Å². The third-order valence-electron chi connectivity index (χ3n) is 3.68. The second-order valence-corrected chi connectivity index (χ2v) is 6.36. The highest BCUT2D eigenvalue weighted by molar-refractivity contribution is 6.42. The molecule has 0 radical (unpaired) electrons. The van der Waals surface area contributed by atoms with Crippen LogP contribution in [0, 0.1) is 5.92 Å². The van der Waals surface area contributed by atoms with Crippen LogP contribution in [0.1, 0.15) is 11.1 Å². The van der Waals surface area contributed by atoms with Crippen LogP contribution >= 0.6 is 34.8 Å². The van der Waals surface area contributed by atoms with Crippen LogP contribution in [0.5, 0.6) is 0 Å². The molecule has 108 valence electrons. The first-order valence-electron chi connectivity index (χ1n) is 6.57. The number of fused-ring (bicyclic) bond motifs is 1. The first-order valence-corrected chi connectivity index (χ1v) is 7.70. The Hall–Kier alpha value is -1.22. The SMILES string of the molecule is O=C(Nc1c(Cl)cc(Cl)cc1Cl)C1Cc2ccccc2C1. The molecule has 0 aliphatic heterocycles. The van der Waals surface area contributed by atoms with E-state index >= 15 is 0 Å². The van der Waals surface area contributed by atoms with Crippen molar-refractivity contribution < 1.29 is 4.79 Å². The minimum atomic E-state index is -0.0924. The van der Waals surface area contributed by atoms with E-state index in [9.17, 15) is 4.79 Å². The van der Waals surface area contributed by atoms with Gasteiger partial charge in [-0.2, -0.15) is 0 Å². The summed E-state index contributed by atoms with van der Waals surface area (Å²) < 4.78 is 0. The van der Waals surface area contributed by atoms with Crippen molar-refractivity contribution in [3.8, 4) is 0 Å². The van der Waals surface area contributed by atoms with Gasteiger partial charge in [0.1, 0.15) is 0 Å². The molecule has 2 aromatic rings. The quantitative estimate of drug-likeness (QED) is 0.819. The molecular formula is C16H12Cl3NO. The molecule has 1 aliphatic carbocycles. The van der Waals surface area contributed by atoms with Crippen molar-refractivity contribution in [2.45, 2.75) is 12.8 Å². The lowest BCUT2D eigenvalue weighted by molar-refractivity contribution is -0.119. The standard InChI is InChI=1S/C16H12Cl3NO/c17-12-7-13(18)15(14(19)8-12)20-16(21)11-5-9-3-1-2-4-10(9)6-11/h1-4,7-8,11H,5-6H2,(H,20,21). The minimum Gasteiger partial charge on any atom is -0.323 e. The van der Waals surface area contributed by atoms with Gasteiger partial charge in [0.2, 0.25) is 5.91 Å². The molecule has 0 unspecified atom stereocenters. The van der Waals surface area contributed by atoms with Crippen LogP contribution in [0.15, 0.2) is 36.4 Å². The number of carbonyl (C=O) groups excluding carboxylic acids is 1. The zero-order valence-corrected chi connectivity index (χ0v) is 13.3. The van der Waals surface area contributed by atoms with Gasteiger partial charge in [-0.05, 0) is 36.1 Å². The monoisotopic (exact) mass is 339 g/mol. The number of halogens is 3. The number of hydrogen-bond donors (Lipinski definition) is 1. The molecule has 0 heterocycles. The van der Waals surface area contributed by atoms with Crippen molar-refractivity contribution in [1.29, 1.82) is 0 Å². The van der Waals surface area contributed by atoms with E-state index in [1.807, 2.05) is 12.1 Å². The summed E-state index contributed by atoms with van der Waals surface area (Å²) in [5.41, 5.74) is 2.88. The fourth-order valence-electron chi connectivity index (χ4n) is 2.63. The Labute approximate surface area is 138 Å². The maximum atomic E-state index is 12.4. The molecular weight excluding hydrogens is 329 g/mol. The summed E-state index contributed by atoms with van der Waals surface area (Å²) in [6.45, 7) is 0. The number of nitrogens with one attached hydrogen (secondary N) is 1. The summed E-state index contributed by atoms with van der Waals surface area (Å²) in [5.74, 6) is -0.164. The number of anilines is 1. The maximum absolute atomic E-state index is 12.4. The predicted molar refractivity (Wildman–Crippen MR) is 87.4 cm³/mol. The van der Waals surface area contributed by atoms with Crippen LogP contribution in [0.4, 0.5) is 5.69 Å². The molecule has 5 heteroatoms. The average molecular weight is 341 g/mol. The van der Waals surface area contributed by atoms with Crippen molar-refractivity contribution in [2.75, 3.05) is 5.32 Å². The zero-order chi connectivity index (χ0) is 15.0. The van der Waals surface area contributed by atoms with Crippen LogP contribution in [0.3, 0.4) is 0 Å². The fourth-order valence-corrected chi connectivity index (χ4v) is 3.54. The third kappa shape index (κ3) is 3.03. The Morgan fingerprint density at radius 3 is 2.05 bits per heavy atom. The smallest absolute Gasteiger partial charge is 0.228 e. The van der Waals surface area contributed by atoms with Gasteiger partial charge in [0, 0.05) is 10.9 Å². The molecule has 0 aromatic heterocycles. The Bertz CT molecular complexity index is 666. The van der Waals surface area contributed by atoms with Gasteiger partial charge >= 0.3 is 0 Å². The summed E-state index contributed by atoms with van der Waals surface area (Å²) in [6, 6.07) is 11.2. The molecule has 1 aliphatic rings. The Morgan fingerprint density at radius 1 is 1.00 bits per heavy atom. The van der Waals surface area contributed by atoms with Crippen molar-refractivity contribution in [2.24, 2.45) is 5.92 Å². The molecule has 2 aromatic carbocycles.